The molecule has 0 atom stereocenters. The zero-order valence-electron chi connectivity index (χ0n) is 10.3. The molecule has 1 aromatic carbocycles. The van der Waals surface area contributed by atoms with Crippen LogP contribution in [0.1, 0.15) is 21.5 Å². The molecule has 1 amide bonds. The zero-order chi connectivity index (χ0) is 14.0. The number of nitrogens with one attached hydrogen (secondary N) is 1. The van der Waals surface area contributed by atoms with Crippen molar-refractivity contribution in [2.75, 3.05) is 5.32 Å². The summed E-state index contributed by atoms with van der Waals surface area (Å²) in [5, 5.41) is 13.2. The maximum atomic E-state index is 12.1. The van der Waals surface area contributed by atoms with Crippen LogP contribution < -0.4 is 5.32 Å². The van der Waals surface area contributed by atoms with E-state index >= 15 is 0 Å². The van der Waals surface area contributed by atoms with E-state index in [2.05, 4.69) is 10.3 Å². The van der Waals surface area contributed by atoms with Crippen LogP contribution in [0.2, 0.25) is 0 Å². The Morgan fingerprint density at radius 1 is 1.37 bits per heavy atom. The molecular formula is C12H11N3O3S. The topological polar surface area (TPSA) is 85.1 Å². The Hall–Kier alpha value is -2.28. The van der Waals surface area contributed by atoms with Crippen molar-refractivity contribution >= 4 is 27.4 Å². The first-order valence-electron chi connectivity index (χ1n) is 5.47. The summed E-state index contributed by atoms with van der Waals surface area (Å²) in [6, 6.07) is 5.55. The Morgan fingerprint density at radius 3 is 2.53 bits per heavy atom. The average Bonchev–Trinajstić information content (AvgIpc) is 2.77. The number of thiazole rings is 1. The second-order valence-electron chi connectivity index (χ2n) is 3.98. The zero-order valence-corrected chi connectivity index (χ0v) is 11.2. The van der Waals surface area contributed by atoms with E-state index in [1.807, 2.05) is 32.0 Å². The van der Waals surface area contributed by atoms with Crippen molar-refractivity contribution in [1.82, 2.24) is 4.98 Å². The summed E-state index contributed by atoms with van der Waals surface area (Å²) < 4.78 is 0. The highest BCUT2D eigenvalue weighted by Gasteiger charge is 2.16. The molecule has 19 heavy (non-hydrogen) atoms. The molecule has 0 spiro atoms. The Balaban J connectivity index is 2.23. The van der Waals surface area contributed by atoms with Crippen molar-refractivity contribution in [1.29, 1.82) is 0 Å². The molecule has 0 fully saturated rings. The molecule has 0 saturated carbocycles. The molecule has 98 valence electrons. The van der Waals surface area contributed by atoms with Gasteiger partial charge in [0.15, 0.2) is 5.13 Å². The Bertz CT molecular complexity index is 631. The van der Waals surface area contributed by atoms with Crippen molar-refractivity contribution in [3.63, 3.8) is 0 Å². The maximum absolute atomic E-state index is 12.1. The normalized spacial score (nSPS) is 10.2. The third-order valence-corrected chi connectivity index (χ3v) is 3.47. The van der Waals surface area contributed by atoms with Crippen LogP contribution in [-0.4, -0.2) is 15.8 Å². The third-order valence-electron chi connectivity index (χ3n) is 2.60. The summed E-state index contributed by atoms with van der Waals surface area (Å²) in [4.78, 5) is 25.9. The SMILES string of the molecule is Cc1cccc(C)c1C(=O)Nc1ncc([N+](=O)[O-])s1. The number of benzene rings is 1. The van der Waals surface area contributed by atoms with Gasteiger partial charge in [-0.15, -0.1) is 0 Å². The van der Waals surface area contributed by atoms with Crippen LogP contribution in [0.3, 0.4) is 0 Å². The molecule has 1 heterocycles. The quantitative estimate of drug-likeness (QED) is 0.690. The van der Waals surface area contributed by atoms with Crippen molar-refractivity contribution < 1.29 is 9.72 Å². The number of hydrogen-bond donors (Lipinski definition) is 1. The van der Waals surface area contributed by atoms with Gasteiger partial charge >= 0.3 is 5.00 Å². The fourth-order valence-corrected chi connectivity index (χ4v) is 2.37. The standard InChI is InChI=1S/C12H11N3O3S/c1-7-4-3-5-8(2)10(7)11(16)14-12-13-6-9(19-12)15(17)18/h3-6H,1-2H3,(H,13,14,16). The summed E-state index contributed by atoms with van der Waals surface area (Å²) in [6.07, 6.45) is 1.13. The van der Waals surface area contributed by atoms with Crippen LogP contribution in [0, 0.1) is 24.0 Å². The van der Waals surface area contributed by atoms with E-state index in [4.69, 9.17) is 0 Å². The van der Waals surface area contributed by atoms with E-state index in [1.54, 1.807) is 0 Å². The number of aromatic nitrogens is 1. The first-order chi connectivity index (χ1) is 8.99. The lowest BCUT2D eigenvalue weighted by molar-refractivity contribution is -0.380. The van der Waals surface area contributed by atoms with E-state index in [0.29, 0.717) is 5.56 Å². The molecule has 1 N–H and O–H groups in total. The van der Waals surface area contributed by atoms with Gasteiger partial charge in [-0.05, 0) is 36.3 Å². The summed E-state index contributed by atoms with van der Waals surface area (Å²) in [6.45, 7) is 3.68. The number of carbonyl (C=O) groups excluding carboxylic acids is 1. The van der Waals surface area contributed by atoms with Gasteiger partial charge in [0.2, 0.25) is 0 Å². The number of anilines is 1. The molecule has 0 radical (unpaired) electrons. The molecule has 0 saturated heterocycles. The Morgan fingerprint density at radius 2 is 2.00 bits per heavy atom. The van der Waals surface area contributed by atoms with Gasteiger partial charge in [0.25, 0.3) is 5.91 Å². The second kappa shape index (κ2) is 5.15. The predicted octanol–water partition coefficient (Wildman–Crippen LogP) is 2.92. The van der Waals surface area contributed by atoms with Crippen LogP contribution in [-0.2, 0) is 0 Å². The minimum absolute atomic E-state index is 0.100. The monoisotopic (exact) mass is 277 g/mol. The molecule has 6 nitrogen and oxygen atoms in total. The number of rotatable bonds is 3. The van der Waals surface area contributed by atoms with Gasteiger partial charge in [0.1, 0.15) is 6.20 Å². The van der Waals surface area contributed by atoms with Crippen molar-refractivity contribution in [3.05, 3.63) is 51.2 Å². The van der Waals surface area contributed by atoms with Crippen molar-refractivity contribution in [2.24, 2.45) is 0 Å². The molecular weight excluding hydrogens is 266 g/mol. The highest BCUT2D eigenvalue weighted by atomic mass is 32.1. The first kappa shape index (κ1) is 13.2. The number of aryl methyl sites for hydroxylation is 2. The second-order valence-corrected chi connectivity index (χ2v) is 4.99. The van der Waals surface area contributed by atoms with Crippen LogP contribution in [0.15, 0.2) is 24.4 Å². The van der Waals surface area contributed by atoms with Gasteiger partial charge in [-0.25, -0.2) is 4.98 Å². The molecule has 0 aliphatic carbocycles. The van der Waals surface area contributed by atoms with Gasteiger partial charge in [0, 0.05) is 5.56 Å². The van der Waals surface area contributed by atoms with Crippen molar-refractivity contribution in [3.8, 4) is 0 Å². The highest BCUT2D eigenvalue weighted by molar-refractivity contribution is 7.18. The Labute approximate surface area is 113 Å². The lowest BCUT2D eigenvalue weighted by atomic mass is 10.0. The summed E-state index contributed by atoms with van der Waals surface area (Å²) in [5.74, 6) is -0.306. The minimum Gasteiger partial charge on any atom is -0.298 e. The molecule has 0 unspecified atom stereocenters. The number of amides is 1. The first-order valence-corrected chi connectivity index (χ1v) is 6.28. The molecule has 1 aromatic heterocycles. The summed E-state index contributed by atoms with van der Waals surface area (Å²) in [7, 11) is 0. The van der Waals surface area contributed by atoms with Crippen LogP contribution in [0.25, 0.3) is 0 Å². The summed E-state index contributed by atoms with van der Waals surface area (Å²) >= 11 is 0.834. The van der Waals surface area contributed by atoms with Gasteiger partial charge in [-0.2, -0.15) is 0 Å². The smallest absolute Gasteiger partial charge is 0.298 e. The van der Waals surface area contributed by atoms with Crippen molar-refractivity contribution in [2.45, 2.75) is 13.8 Å². The lowest BCUT2D eigenvalue weighted by Crippen LogP contribution is -2.14. The number of nitro groups is 1. The minimum atomic E-state index is -0.535. The van der Waals surface area contributed by atoms with E-state index in [1.165, 1.54) is 0 Å². The van der Waals surface area contributed by atoms with Gasteiger partial charge in [0.05, 0.1) is 4.92 Å². The molecule has 0 aliphatic rings. The van der Waals surface area contributed by atoms with Crippen LogP contribution in [0.5, 0.6) is 0 Å². The highest BCUT2D eigenvalue weighted by Crippen LogP contribution is 2.26. The van der Waals surface area contributed by atoms with Crippen LogP contribution >= 0.6 is 11.3 Å². The maximum Gasteiger partial charge on any atom is 0.345 e. The van der Waals surface area contributed by atoms with E-state index < -0.39 is 4.92 Å². The van der Waals surface area contributed by atoms with Gasteiger partial charge in [-0.3, -0.25) is 20.2 Å². The third kappa shape index (κ3) is 2.76. The van der Waals surface area contributed by atoms with Gasteiger partial charge in [-0.1, -0.05) is 18.2 Å². The largest absolute Gasteiger partial charge is 0.345 e. The number of nitrogens with zero attached hydrogens (tertiary/aromatic N) is 2. The summed E-state index contributed by atoms with van der Waals surface area (Å²) in [5.41, 5.74) is 2.27. The predicted molar refractivity (Wildman–Crippen MR) is 72.6 cm³/mol. The van der Waals surface area contributed by atoms with E-state index in [9.17, 15) is 14.9 Å². The fraction of sp³-hybridized carbons (Fsp3) is 0.167. The van der Waals surface area contributed by atoms with Crippen LogP contribution in [0.4, 0.5) is 10.1 Å². The molecule has 0 aliphatic heterocycles. The number of hydrogen-bond acceptors (Lipinski definition) is 5. The molecule has 0 bridgehead atoms. The fourth-order valence-electron chi connectivity index (χ4n) is 1.74. The average molecular weight is 277 g/mol. The Kier molecular flexibility index (Phi) is 3.57. The molecule has 2 rings (SSSR count). The molecule has 2 aromatic rings. The lowest BCUT2D eigenvalue weighted by Gasteiger charge is -2.08. The van der Waals surface area contributed by atoms with Gasteiger partial charge < -0.3 is 0 Å². The van der Waals surface area contributed by atoms with E-state index in [0.717, 1.165) is 28.7 Å². The molecule has 7 heteroatoms. The number of carbonyl (C=O) groups is 1. The van der Waals surface area contributed by atoms with E-state index in [-0.39, 0.29) is 16.0 Å².